The highest BCUT2D eigenvalue weighted by Crippen LogP contribution is 2.38. The molecule has 3 aromatic rings. The number of carbonyl (C=O) groups excluding carboxylic acids is 2. The molecule has 6 nitrogen and oxygen atoms in total. The van der Waals surface area contributed by atoms with Crippen molar-refractivity contribution in [2.45, 2.75) is 25.4 Å². The van der Waals surface area contributed by atoms with Gasteiger partial charge in [0.25, 0.3) is 5.91 Å². The Bertz CT molecular complexity index is 1300. The van der Waals surface area contributed by atoms with Crippen molar-refractivity contribution >= 4 is 46.4 Å². The largest absolute Gasteiger partial charge is 0.497 e. The van der Waals surface area contributed by atoms with Crippen molar-refractivity contribution in [1.82, 2.24) is 14.7 Å². The molecule has 2 aliphatic heterocycles. The third-order valence-corrected chi connectivity index (χ3v) is 8.78. The van der Waals surface area contributed by atoms with Crippen LogP contribution in [-0.4, -0.2) is 72.4 Å². The van der Waals surface area contributed by atoms with Crippen LogP contribution in [0.15, 0.2) is 53.9 Å². The first-order valence-corrected chi connectivity index (χ1v) is 14.0. The molecule has 2 amide bonds. The quantitative estimate of drug-likeness (QED) is 0.422. The van der Waals surface area contributed by atoms with E-state index in [-0.39, 0.29) is 23.9 Å². The van der Waals surface area contributed by atoms with Gasteiger partial charge in [-0.05, 0) is 66.2 Å². The zero-order valence-electron chi connectivity index (χ0n) is 20.8. The van der Waals surface area contributed by atoms with Crippen molar-refractivity contribution < 1.29 is 14.3 Å². The monoisotopic (exact) mass is 557 g/mol. The molecule has 1 aromatic heterocycles. The fourth-order valence-corrected chi connectivity index (χ4v) is 6.69. The molecule has 0 unspecified atom stereocenters. The fourth-order valence-electron chi connectivity index (χ4n) is 5.29. The van der Waals surface area contributed by atoms with Gasteiger partial charge in [-0.15, -0.1) is 11.3 Å². The van der Waals surface area contributed by atoms with Gasteiger partial charge < -0.3 is 14.5 Å². The Hall–Kier alpha value is -2.58. The number of benzene rings is 2. The van der Waals surface area contributed by atoms with Gasteiger partial charge in [0.2, 0.25) is 5.91 Å². The lowest BCUT2D eigenvalue weighted by Gasteiger charge is -2.42. The van der Waals surface area contributed by atoms with Gasteiger partial charge in [-0.1, -0.05) is 35.3 Å². The first-order valence-electron chi connectivity index (χ1n) is 12.3. The average Bonchev–Trinajstić information content (AvgIpc) is 3.37. The molecule has 5 rings (SSSR count). The maximum atomic E-state index is 13.5. The topological polar surface area (TPSA) is 53.1 Å². The summed E-state index contributed by atoms with van der Waals surface area (Å²) in [5.74, 6) is 0.761. The molecular weight excluding hydrogens is 529 g/mol. The third kappa shape index (κ3) is 5.36. The van der Waals surface area contributed by atoms with E-state index >= 15 is 0 Å². The van der Waals surface area contributed by atoms with Crippen molar-refractivity contribution in [1.29, 1.82) is 0 Å². The highest BCUT2D eigenvalue weighted by Gasteiger charge is 2.35. The minimum Gasteiger partial charge on any atom is -0.497 e. The number of methoxy groups -OCH3 is 1. The predicted molar refractivity (Wildman–Crippen MR) is 148 cm³/mol. The van der Waals surface area contributed by atoms with Crippen LogP contribution in [0.25, 0.3) is 0 Å². The van der Waals surface area contributed by atoms with Gasteiger partial charge in [-0.3, -0.25) is 14.5 Å². The maximum Gasteiger partial charge on any atom is 0.255 e. The molecule has 1 saturated heterocycles. The van der Waals surface area contributed by atoms with Crippen LogP contribution in [0.2, 0.25) is 10.0 Å². The van der Waals surface area contributed by atoms with Gasteiger partial charge in [0.15, 0.2) is 0 Å². The van der Waals surface area contributed by atoms with E-state index in [1.807, 2.05) is 24.0 Å². The van der Waals surface area contributed by atoms with E-state index in [2.05, 4.69) is 28.5 Å². The summed E-state index contributed by atoms with van der Waals surface area (Å²) in [5, 5.41) is 2.97. The number of piperazine rings is 1. The standard InChI is InChI=1S/C28H29Cl2N3O3S/c1-18-16-31(12-13-33(18)28(35)22-8-5-20(29)15-24(22)30)26(34)17-32-11-9-25-23(10-14-37-25)27(32)19-3-6-21(36-2)7-4-19/h3-8,10,14-15,18,27H,9,11-13,16-17H2,1-2H3/t18-,27+/m1/s1. The Morgan fingerprint density at radius 2 is 1.84 bits per heavy atom. The Labute approximate surface area is 231 Å². The van der Waals surface area contributed by atoms with Gasteiger partial charge in [0.1, 0.15) is 5.75 Å². The molecule has 0 N–H and O–H groups in total. The van der Waals surface area contributed by atoms with Crippen LogP contribution >= 0.6 is 34.5 Å². The van der Waals surface area contributed by atoms with Crippen molar-refractivity contribution in [2.24, 2.45) is 0 Å². The summed E-state index contributed by atoms with van der Waals surface area (Å²) >= 11 is 14.1. The number of halogens is 2. The van der Waals surface area contributed by atoms with Gasteiger partial charge in [-0.25, -0.2) is 0 Å². The lowest BCUT2D eigenvalue weighted by Crippen LogP contribution is -2.57. The van der Waals surface area contributed by atoms with E-state index in [0.29, 0.717) is 41.8 Å². The van der Waals surface area contributed by atoms with Crippen LogP contribution in [0.1, 0.15) is 39.3 Å². The molecule has 0 saturated carbocycles. The van der Waals surface area contributed by atoms with Crippen LogP contribution in [-0.2, 0) is 11.2 Å². The normalized spacial score (nSPS) is 20.0. The van der Waals surface area contributed by atoms with Gasteiger partial charge >= 0.3 is 0 Å². The van der Waals surface area contributed by atoms with E-state index in [1.165, 1.54) is 10.4 Å². The second-order valence-corrected chi connectivity index (χ2v) is 11.4. The minimum absolute atomic E-state index is 0.0252. The summed E-state index contributed by atoms with van der Waals surface area (Å²) in [6.45, 7) is 4.56. The van der Waals surface area contributed by atoms with E-state index in [9.17, 15) is 9.59 Å². The summed E-state index contributed by atoms with van der Waals surface area (Å²) < 4.78 is 5.34. The average molecular weight is 559 g/mol. The number of rotatable bonds is 5. The SMILES string of the molecule is COc1ccc([C@H]2c3ccsc3CCN2CC(=O)N2CCN(C(=O)c3ccc(Cl)cc3Cl)[C@H](C)C2)cc1. The molecular formula is C28H29Cl2N3O3S. The van der Waals surface area contributed by atoms with Crippen molar-refractivity contribution in [3.05, 3.63) is 85.5 Å². The molecule has 0 aliphatic carbocycles. The third-order valence-electron chi connectivity index (χ3n) is 7.24. The molecule has 37 heavy (non-hydrogen) atoms. The molecule has 1 fully saturated rings. The maximum absolute atomic E-state index is 13.5. The van der Waals surface area contributed by atoms with E-state index < -0.39 is 0 Å². The Kier molecular flexibility index (Phi) is 7.77. The van der Waals surface area contributed by atoms with E-state index in [0.717, 1.165) is 24.3 Å². The van der Waals surface area contributed by atoms with Crippen molar-refractivity contribution in [3.8, 4) is 5.75 Å². The number of nitrogens with zero attached hydrogens (tertiary/aromatic N) is 3. The van der Waals surface area contributed by atoms with Crippen LogP contribution in [0, 0.1) is 0 Å². The highest BCUT2D eigenvalue weighted by molar-refractivity contribution is 7.10. The van der Waals surface area contributed by atoms with Crippen LogP contribution < -0.4 is 4.74 Å². The van der Waals surface area contributed by atoms with Gasteiger partial charge in [0, 0.05) is 42.1 Å². The lowest BCUT2D eigenvalue weighted by atomic mass is 9.93. The van der Waals surface area contributed by atoms with Crippen molar-refractivity contribution in [3.63, 3.8) is 0 Å². The summed E-state index contributed by atoms with van der Waals surface area (Å²) in [6, 6.07) is 15.1. The molecule has 2 aromatic carbocycles. The minimum atomic E-state index is -0.137. The van der Waals surface area contributed by atoms with E-state index in [4.69, 9.17) is 27.9 Å². The molecule has 0 bridgehead atoms. The molecule has 0 spiro atoms. The summed E-state index contributed by atoms with van der Waals surface area (Å²) in [4.78, 5) is 34.0. The first kappa shape index (κ1) is 26.0. The van der Waals surface area contributed by atoms with Crippen LogP contribution in [0.4, 0.5) is 0 Å². The fraction of sp³-hybridized carbons (Fsp3) is 0.357. The number of fused-ring (bicyclic) bond motifs is 1. The summed E-state index contributed by atoms with van der Waals surface area (Å²) in [5.41, 5.74) is 2.86. The van der Waals surface area contributed by atoms with Gasteiger partial charge in [-0.2, -0.15) is 0 Å². The number of ether oxygens (including phenoxy) is 1. The molecule has 194 valence electrons. The molecule has 2 aliphatic rings. The Morgan fingerprint density at radius 3 is 2.54 bits per heavy atom. The molecule has 0 radical (unpaired) electrons. The smallest absolute Gasteiger partial charge is 0.255 e. The van der Waals surface area contributed by atoms with Crippen LogP contribution in [0.5, 0.6) is 5.75 Å². The Balaban J connectivity index is 1.28. The highest BCUT2D eigenvalue weighted by atomic mass is 35.5. The van der Waals surface area contributed by atoms with Gasteiger partial charge in [0.05, 0.1) is 30.3 Å². The number of hydrogen-bond acceptors (Lipinski definition) is 5. The molecule has 9 heteroatoms. The number of carbonyl (C=O) groups is 2. The second-order valence-electron chi connectivity index (χ2n) is 9.51. The zero-order valence-corrected chi connectivity index (χ0v) is 23.2. The van der Waals surface area contributed by atoms with E-state index in [1.54, 1.807) is 41.5 Å². The molecule has 3 heterocycles. The number of amides is 2. The number of thiophene rings is 1. The molecule has 2 atom stereocenters. The van der Waals surface area contributed by atoms with Crippen LogP contribution in [0.3, 0.4) is 0 Å². The first-order chi connectivity index (χ1) is 17.9. The Morgan fingerprint density at radius 1 is 1.05 bits per heavy atom. The lowest BCUT2D eigenvalue weighted by molar-refractivity contribution is -0.135. The second kappa shape index (κ2) is 11.0. The summed E-state index contributed by atoms with van der Waals surface area (Å²) in [7, 11) is 1.66. The van der Waals surface area contributed by atoms with Crippen molar-refractivity contribution in [2.75, 3.05) is 39.8 Å². The summed E-state index contributed by atoms with van der Waals surface area (Å²) in [6.07, 6.45) is 0.938. The predicted octanol–water partition coefficient (Wildman–Crippen LogP) is 5.38. The number of hydrogen-bond donors (Lipinski definition) is 0. The zero-order chi connectivity index (χ0) is 26.1.